The summed E-state index contributed by atoms with van der Waals surface area (Å²) >= 11 is -1.75. The molecule has 7 rings (SSSR count). The molecule has 0 saturated carbocycles. The first kappa shape index (κ1) is 36.6. The van der Waals surface area contributed by atoms with Crippen molar-refractivity contribution in [2.45, 2.75) is 42.0 Å². The Kier molecular flexibility index (Phi) is 10.9. The van der Waals surface area contributed by atoms with E-state index in [4.69, 9.17) is 5.14 Å². The number of fused-ring (bicyclic) bond motifs is 2. The molecule has 0 aliphatic rings. The van der Waals surface area contributed by atoms with Crippen LogP contribution in [0.2, 0.25) is 0 Å². The monoisotopic (exact) mass is 725 g/mol. The van der Waals surface area contributed by atoms with E-state index in [9.17, 15) is 13.0 Å². The van der Waals surface area contributed by atoms with E-state index in [1.54, 1.807) is 28.2 Å². The molecule has 0 bridgehead atoms. The summed E-state index contributed by atoms with van der Waals surface area (Å²) < 4.78 is 44.2. The minimum absolute atomic E-state index is 0. The molecule has 7 aromatic rings. The zero-order valence-electron chi connectivity index (χ0n) is 28.6. The molecule has 9 heteroatoms. The molecule has 0 aliphatic heterocycles. The molecule has 0 aliphatic carbocycles. The normalized spacial score (nSPS) is 13.3. The Morgan fingerprint density at radius 1 is 0.706 bits per heavy atom. The first-order valence-electron chi connectivity index (χ1n) is 16.6. The highest BCUT2D eigenvalue weighted by Crippen LogP contribution is 2.48. The van der Waals surface area contributed by atoms with Crippen LogP contribution in [0.25, 0.3) is 21.7 Å². The van der Waals surface area contributed by atoms with Gasteiger partial charge in [0.25, 0.3) is 10.0 Å². The van der Waals surface area contributed by atoms with Gasteiger partial charge in [-0.05, 0) is 78.9 Å². The van der Waals surface area contributed by atoms with Gasteiger partial charge in [0.15, 0.2) is 0 Å². The van der Waals surface area contributed by atoms with E-state index in [1.807, 2.05) is 92.7 Å². The van der Waals surface area contributed by atoms with Gasteiger partial charge in [0.2, 0.25) is 0 Å². The van der Waals surface area contributed by atoms with Crippen molar-refractivity contribution in [3.05, 3.63) is 175 Å². The van der Waals surface area contributed by atoms with E-state index in [-0.39, 0.29) is 13.3 Å². The Balaban J connectivity index is 0.00000448. The molecule has 1 heterocycles. The average molecular weight is 726 g/mol. The van der Waals surface area contributed by atoms with Crippen molar-refractivity contribution in [2.24, 2.45) is 5.14 Å². The molecule has 3 radical (unpaired) electrons. The molecule has 0 spiro atoms. The molecule has 2 atom stereocenters. The third-order valence-corrected chi connectivity index (χ3v) is 15.3. The summed E-state index contributed by atoms with van der Waals surface area (Å²) in [6.45, 7) is 3.88. The molecule has 51 heavy (non-hydrogen) atoms. The van der Waals surface area contributed by atoms with E-state index in [0.717, 1.165) is 37.9 Å². The summed E-state index contributed by atoms with van der Waals surface area (Å²) in [5, 5.41) is 11.7. The van der Waals surface area contributed by atoms with E-state index in [1.165, 1.54) is 0 Å². The van der Waals surface area contributed by atoms with Crippen LogP contribution in [0.1, 0.15) is 36.6 Å². The van der Waals surface area contributed by atoms with Gasteiger partial charge >= 0.3 is 0 Å². The summed E-state index contributed by atoms with van der Waals surface area (Å²) in [7, 11) is -5.14. The minimum Gasteiger partial charge on any atom is -0.598 e. The highest BCUT2D eigenvalue weighted by Gasteiger charge is 2.45. The summed E-state index contributed by atoms with van der Waals surface area (Å²) in [6, 6.07) is 51.6. The number of nitrogens with zero attached hydrogens (tertiary/aromatic N) is 1. The van der Waals surface area contributed by atoms with Gasteiger partial charge < -0.3 is 4.55 Å². The molecule has 6 aromatic carbocycles. The topological polar surface area (TPSA) is 88.2 Å². The lowest BCUT2D eigenvalue weighted by Gasteiger charge is -2.35. The van der Waals surface area contributed by atoms with Crippen LogP contribution in [-0.4, -0.2) is 30.1 Å². The molecular weight excluding hydrogens is 686 g/mol. The second-order valence-electron chi connectivity index (χ2n) is 13.0. The highest BCUT2D eigenvalue weighted by molar-refractivity contribution is 7.90. The summed E-state index contributed by atoms with van der Waals surface area (Å²) in [4.78, 5) is 0.213. The standard InChI is InChI=1S/C42H39N2O3PS2.B/c1-42(2,49(43)45)38(29-32-19-16-18-31-17-12-13-26-36(31)32)41-37-27-14-15-28-39(37)44(50(46,47)35-24-10-5-11-25-35)40(41)30-48(33-20-6-3-7-21-33)34-22-8-4-9-23-34;/h3-28,38H,29-30,43H2,1-2H3;. The van der Waals surface area contributed by atoms with E-state index >= 15 is 0 Å². The number of benzene rings is 6. The van der Waals surface area contributed by atoms with Crippen molar-refractivity contribution in [2.75, 3.05) is 0 Å². The molecule has 0 amide bonds. The zero-order valence-corrected chi connectivity index (χ0v) is 31.1. The fourth-order valence-electron chi connectivity index (χ4n) is 7.02. The molecule has 0 fully saturated rings. The second kappa shape index (κ2) is 15.2. The van der Waals surface area contributed by atoms with Gasteiger partial charge in [-0.2, -0.15) is 5.14 Å². The van der Waals surface area contributed by atoms with Crippen LogP contribution in [0.4, 0.5) is 0 Å². The molecule has 0 saturated heterocycles. The summed E-state index contributed by atoms with van der Waals surface area (Å²) in [5.41, 5.74) is 3.25. The van der Waals surface area contributed by atoms with Crippen molar-refractivity contribution in [1.29, 1.82) is 0 Å². The van der Waals surface area contributed by atoms with Crippen LogP contribution in [-0.2, 0) is 34.0 Å². The van der Waals surface area contributed by atoms with E-state index in [0.29, 0.717) is 23.8 Å². The van der Waals surface area contributed by atoms with Gasteiger partial charge in [-0.3, -0.25) is 0 Å². The molecular formula is C42H39BN2O3PS2. The average Bonchev–Trinajstić information content (AvgIpc) is 3.47. The lowest BCUT2D eigenvalue weighted by molar-refractivity contribution is 0.482. The predicted octanol–water partition coefficient (Wildman–Crippen LogP) is 8.01. The van der Waals surface area contributed by atoms with Crippen LogP contribution in [0.3, 0.4) is 0 Å². The first-order chi connectivity index (χ1) is 24.2. The highest BCUT2D eigenvalue weighted by atomic mass is 32.2. The Bertz CT molecular complexity index is 2320. The number of hydrogen-bond donors (Lipinski definition) is 1. The predicted molar refractivity (Wildman–Crippen MR) is 216 cm³/mol. The lowest BCUT2D eigenvalue weighted by atomic mass is 9.80. The second-order valence-corrected chi connectivity index (χ2v) is 18.7. The van der Waals surface area contributed by atoms with Gasteiger partial charge in [-0.25, -0.2) is 12.4 Å². The number of nitrogens with two attached hydrogens (primary N) is 1. The summed E-state index contributed by atoms with van der Waals surface area (Å²) in [5.74, 6) is -0.408. The Hall–Kier alpha value is -4.17. The Morgan fingerprint density at radius 3 is 1.82 bits per heavy atom. The maximum absolute atomic E-state index is 15.0. The Labute approximate surface area is 307 Å². The van der Waals surface area contributed by atoms with Crippen molar-refractivity contribution >= 4 is 70.0 Å². The summed E-state index contributed by atoms with van der Waals surface area (Å²) in [6.07, 6.45) is 0.955. The third-order valence-electron chi connectivity index (χ3n) is 9.70. The molecule has 2 N–H and O–H groups in total. The quantitative estimate of drug-likeness (QED) is 0.0832. The van der Waals surface area contributed by atoms with Crippen LogP contribution in [0.15, 0.2) is 163 Å². The maximum Gasteiger partial charge on any atom is 0.268 e. The SMILES string of the molecule is CC(C)(C(Cc1cccc2ccccc12)c1c(CP(c2ccccc2)c2ccccc2)n(S(=O)(=O)c2ccccc2)c2ccccc12)[S+](N)[O-].[B]. The van der Waals surface area contributed by atoms with Gasteiger partial charge in [-0.15, -0.1) is 0 Å². The molecule has 1 aromatic heterocycles. The number of aromatic nitrogens is 1. The van der Waals surface area contributed by atoms with Crippen molar-refractivity contribution in [3.8, 4) is 0 Å². The maximum atomic E-state index is 15.0. The zero-order chi connectivity index (χ0) is 34.9. The molecule has 5 nitrogen and oxygen atoms in total. The van der Waals surface area contributed by atoms with Crippen LogP contribution < -0.4 is 15.7 Å². The van der Waals surface area contributed by atoms with Crippen molar-refractivity contribution < 1.29 is 13.0 Å². The van der Waals surface area contributed by atoms with Crippen LogP contribution in [0, 0.1) is 0 Å². The van der Waals surface area contributed by atoms with Gasteiger partial charge in [-0.1, -0.05) is 140 Å². The number of hydrogen-bond acceptors (Lipinski definition) is 4. The van der Waals surface area contributed by atoms with Gasteiger partial charge in [0.05, 0.1) is 10.4 Å². The van der Waals surface area contributed by atoms with Crippen molar-refractivity contribution in [1.82, 2.24) is 3.97 Å². The van der Waals surface area contributed by atoms with Crippen LogP contribution >= 0.6 is 7.92 Å². The van der Waals surface area contributed by atoms with Crippen molar-refractivity contribution in [3.63, 3.8) is 0 Å². The fourth-order valence-corrected chi connectivity index (χ4v) is 11.5. The van der Waals surface area contributed by atoms with Gasteiger partial charge in [0, 0.05) is 42.9 Å². The third kappa shape index (κ3) is 7.04. The molecule has 2 unspecified atom stereocenters. The largest absolute Gasteiger partial charge is 0.598 e. The smallest absolute Gasteiger partial charge is 0.268 e. The molecule has 255 valence electrons. The van der Waals surface area contributed by atoms with E-state index in [2.05, 4.69) is 54.6 Å². The lowest BCUT2D eigenvalue weighted by Crippen LogP contribution is -2.44. The van der Waals surface area contributed by atoms with E-state index < -0.39 is 40.0 Å². The fraction of sp³-hybridized carbons (Fsp3) is 0.143. The number of para-hydroxylation sites is 1. The van der Waals surface area contributed by atoms with Crippen LogP contribution in [0.5, 0.6) is 0 Å². The minimum atomic E-state index is -4.07. The van der Waals surface area contributed by atoms with Gasteiger partial charge in [0.1, 0.15) is 4.75 Å². The number of rotatable bonds is 11. The first-order valence-corrected chi connectivity index (χ1v) is 20.8. The Morgan fingerprint density at radius 2 is 1.22 bits per heavy atom.